The summed E-state index contributed by atoms with van der Waals surface area (Å²) < 4.78 is 17.8. The smallest absolute Gasteiger partial charge is 0.344 e. The lowest BCUT2D eigenvalue weighted by molar-refractivity contribution is 0.0434. The van der Waals surface area contributed by atoms with Gasteiger partial charge in [0.1, 0.15) is 11.9 Å². The number of benzene rings is 2. The quantitative estimate of drug-likeness (QED) is 0.658. The van der Waals surface area contributed by atoms with Gasteiger partial charge in [-0.3, -0.25) is 0 Å². The van der Waals surface area contributed by atoms with E-state index in [0.717, 1.165) is 5.56 Å². The third-order valence-corrected chi connectivity index (χ3v) is 4.51. The van der Waals surface area contributed by atoms with Gasteiger partial charge in [0, 0.05) is 5.56 Å². The number of nitrogens with one attached hydrogen (secondary N) is 1. The van der Waals surface area contributed by atoms with Crippen molar-refractivity contribution in [2.45, 2.75) is 19.7 Å². The van der Waals surface area contributed by atoms with Crippen LogP contribution in [0.15, 0.2) is 42.7 Å². The Morgan fingerprint density at radius 1 is 1.21 bits per heavy atom. The summed E-state index contributed by atoms with van der Waals surface area (Å²) in [6.07, 6.45) is 0.939. The monoisotopic (exact) mass is 380 g/mol. The molecule has 1 N–H and O–H groups in total. The van der Waals surface area contributed by atoms with E-state index < -0.39 is 12.2 Å². The molecule has 0 amide bonds. The molecule has 3 aromatic rings. The summed E-state index contributed by atoms with van der Waals surface area (Å²) in [5.74, 6) is 0.710. The minimum Gasteiger partial charge on any atom is -0.493 e. The lowest BCUT2D eigenvalue weighted by Gasteiger charge is -2.12. The molecule has 2 heterocycles. The van der Waals surface area contributed by atoms with Crippen LogP contribution in [-0.4, -0.2) is 35.0 Å². The number of cyclic esters (lactones) is 1. The molecule has 0 aliphatic carbocycles. The number of carbonyl (C=O) groups excluding carboxylic acids is 1. The molecule has 144 valence electrons. The molecule has 8 nitrogen and oxygen atoms in total. The number of fused-ring (bicyclic) bond motifs is 1. The highest BCUT2D eigenvalue weighted by molar-refractivity contribution is 5.98. The minimum absolute atomic E-state index is 0.346. The van der Waals surface area contributed by atoms with Gasteiger partial charge in [-0.05, 0) is 24.6 Å². The van der Waals surface area contributed by atoms with Crippen molar-refractivity contribution in [3.05, 3.63) is 65.0 Å². The predicted molar refractivity (Wildman–Crippen MR) is 102 cm³/mol. The summed E-state index contributed by atoms with van der Waals surface area (Å²) in [7, 11) is 3.01. The molecule has 8 heteroatoms. The third kappa shape index (κ3) is 3.24. The van der Waals surface area contributed by atoms with E-state index in [2.05, 4.69) is 21.5 Å². The van der Waals surface area contributed by atoms with Gasteiger partial charge in [0.15, 0.2) is 11.5 Å². The lowest BCUT2D eigenvalue weighted by atomic mass is 10.1. The number of aromatic nitrogens is 3. The Balaban J connectivity index is 1.54. The number of anilines is 1. The maximum absolute atomic E-state index is 12.3. The molecular formula is C20H20N4O4. The van der Waals surface area contributed by atoms with Crippen molar-refractivity contribution in [1.82, 2.24) is 14.8 Å². The van der Waals surface area contributed by atoms with E-state index in [1.54, 1.807) is 23.1 Å². The molecule has 2 aromatic carbocycles. The van der Waals surface area contributed by atoms with Gasteiger partial charge in [-0.1, -0.05) is 29.8 Å². The van der Waals surface area contributed by atoms with Gasteiger partial charge in [-0.15, -0.1) is 5.10 Å². The van der Waals surface area contributed by atoms with Crippen molar-refractivity contribution in [1.29, 1.82) is 0 Å². The van der Waals surface area contributed by atoms with Crippen molar-refractivity contribution in [3.8, 4) is 11.5 Å². The Labute approximate surface area is 162 Å². The molecule has 0 fully saturated rings. The number of hydrogen-bond donors (Lipinski definition) is 1. The molecule has 1 aliphatic heterocycles. The van der Waals surface area contributed by atoms with Gasteiger partial charge >= 0.3 is 5.97 Å². The van der Waals surface area contributed by atoms with Crippen LogP contribution in [0.2, 0.25) is 0 Å². The van der Waals surface area contributed by atoms with Crippen molar-refractivity contribution >= 4 is 11.9 Å². The van der Waals surface area contributed by atoms with Crippen molar-refractivity contribution < 1.29 is 19.0 Å². The van der Waals surface area contributed by atoms with E-state index in [1.165, 1.54) is 19.8 Å². The van der Waals surface area contributed by atoms with Crippen LogP contribution in [0.1, 0.15) is 33.3 Å². The molecule has 1 atom stereocenters. The maximum atomic E-state index is 12.3. The number of rotatable bonds is 6. The highest BCUT2D eigenvalue weighted by atomic mass is 16.6. The summed E-state index contributed by atoms with van der Waals surface area (Å²) in [6, 6.07) is 11.7. The van der Waals surface area contributed by atoms with Crippen LogP contribution in [0.3, 0.4) is 0 Å². The number of aryl methyl sites for hydroxylation is 1. The summed E-state index contributed by atoms with van der Waals surface area (Å²) in [6.45, 7) is 2.65. The molecule has 4 rings (SSSR count). The molecule has 1 aromatic heterocycles. The first-order valence-corrected chi connectivity index (χ1v) is 8.76. The zero-order valence-electron chi connectivity index (χ0n) is 15.8. The molecule has 0 radical (unpaired) electrons. The number of ether oxygens (including phenoxy) is 3. The van der Waals surface area contributed by atoms with Gasteiger partial charge in [0.05, 0.1) is 20.8 Å². The summed E-state index contributed by atoms with van der Waals surface area (Å²) in [5.41, 5.74) is 3.32. The zero-order valence-corrected chi connectivity index (χ0v) is 15.8. The first-order chi connectivity index (χ1) is 13.6. The Kier molecular flexibility index (Phi) is 4.60. The first-order valence-electron chi connectivity index (χ1n) is 8.76. The van der Waals surface area contributed by atoms with Crippen molar-refractivity contribution in [2.24, 2.45) is 0 Å². The lowest BCUT2D eigenvalue weighted by Crippen LogP contribution is -2.12. The predicted octanol–water partition coefficient (Wildman–Crippen LogP) is 2.93. The third-order valence-electron chi connectivity index (χ3n) is 4.51. The standard InChI is InChI=1S/C20H20N4O4/c1-12-5-4-6-13(9-12)10-24-11-21-20(23-24)22-18-14-7-8-15(26-2)17(27-3)16(14)19(25)28-18/h4-9,11,18H,10H2,1-3H3,(H,22,23)/t18-/m0/s1. The summed E-state index contributed by atoms with van der Waals surface area (Å²) in [4.78, 5) is 16.6. The van der Waals surface area contributed by atoms with Crippen molar-refractivity contribution in [3.63, 3.8) is 0 Å². The van der Waals surface area contributed by atoms with Crippen LogP contribution in [0.25, 0.3) is 0 Å². The van der Waals surface area contributed by atoms with E-state index in [-0.39, 0.29) is 0 Å². The molecule has 28 heavy (non-hydrogen) atoms. The van der Waals surface area contributed by atoms with E-state index in [0.29, 0.717) is 35.1 Å². The Morgan fingerprint density at radius 2 is 2.07 bits per heavy atom. The van der Waals surface area contributed by atoms with Crippen molar-refractivity contribution in [2.75, 3.05) is 19.5 Å². The normalized spacial score (nSPS) is 15.1. The Bertz CT molecular complexity index is 1030. The minimum atomic E-state index is -0.697. The topological polar surface area (TPSA) is 87.5 Å². The largest absolute Gasteiger partial charge is 0.493 e. The molecule has 1 aliphatic rings. The van der Waals surface area contributed by atoms with E-state index in [9.17, 15) is 4.79 Å². The molecule has 0 saturated heterocycles. The molecule has 0 saturated carbocycles. The van der Waals surface area contributed by atoms with Crippen LogP contribution < -0.4 is 14.8 Å². The van der Waals surface area contributed by atoms with Crippen LogP contribution in [-0.2, 0) is 11.3 Å². The maximum Gasteiger partial charge on any atom is 0.344 e. The molecule has 0 unspecified atom stereocenters. The number of esters is 1. The second kappa shape index (κ2) is 7.22. The van der Waals surface area contributed by atoms with Gasteiger partial charge in [0.2, 0.25) is 12.2 Å². The second-order valence-electron chi connectivity index (χ2n) is 6.45. The average Bonchev–Trinajstić information content (AvgIpc) is 3.25. The van der Waals surface area contributed by atoms with E-state index in [1.807, 2.05) is 25.1 Å². The van der Waals surface area contributed by atoms with E-state index in [4.69, 9.17) is 14.2 Å². The first kappa shape index (κ1) is 17.8. The summed E-state index contributed by atoms with van der Waals surface area (Å²) in [5, 5.41) is 7.47. The van der Waals surface area contributed by atoms with Crippen LogP contribution in [0.5, 0.6) is 11.5 Å². The van der Waals surface area contributed by atoms with E-state index >= 15 is 0 Å². The number of methoxy groups -OCH3 is 2. The molecule has 0 spiro atoms. The number of hydrogen-bond acceptors (Lipinski definition) is 7. The molecular weight excluding hydrogens is 360 g/mol. The highest BCUT2D eigenvalue weighted by Crippen LogP contribution is 2.41. The zero-order chi connectivity index (χ0) is 19.7. The molecule has 0 bridgehead atoms. The Hall–Kier alpha value is -3.55. The number of carbonyl (C=O) groups is 1. The Morgan fingerprint density at radius 3 is 2.82 bits per heavy atom. The van der Waals surface area contributed by atoms with Gasteiger partial charge < -0.3 is 19.5 Å². The highest BCUT2D eigenvalue weighted by Gasteiger charge is 2.36. The second-order valence-corrected chi connectivity index (χ2v) is 6.45. The van der Waals surface area contributed by atoms with Crippen LogP contribution >= 0.6 is 0 Å². The van der Waals surface area contributed by atoms with Crippen LogP contribution in [0.4, 0.5) is 5.95 Å². The van der Waals surface area contributed by atoms with Gasteiger partial charge in [0.25, 0.3) is 0 Å². The number of nitrogens with zero attached hydrogens (tertiary/aromatic N) is 3. The van der Waals surface area contributed by atoms with Crippen LogP contribution in [0, 0.1) is 6.92 Å². The van der Waals surface area contributed by atoms with Gasteiger partial charge in [-0.2, -0.15) is 0 Å². The fourth-order valence-electron chi connectivity index (χ4n) is 3.26. The SMILES string of the molecule is COc1ccc2c(c1OC)C(=O)O[C@@H]2Nc1ncn(Cc2cccc(C)c2)n1. The summed E-state index contributed by atoms with van der Waals surface area (Å²) >= 11 is 0. The average molecular weight is 380 g/mol. The fraction of sp³-hybridized carbons (Fsp3) is 0.250. The fourth-order valence-corrected chi connectivity index (χ4v) is 3.26. The van der Waals surface area contributed by atoms with Gasteiger partial charge in [-0.25, -0.2) is 14.5 Å².